The van der Waals surface area contributed by atoms with Crippen LogP contribution < -0.4 is 10.1 Å². The van der Waals surface area contributed by atoms with Crippen LogP contribution in [0.1, 0.15) is 31.4 Å². The van der Waals surface area contributed by atoms with Gasteiger partial charge in [-0.05, 0) is 56.4 Å². The normalized spacial score (nSPS) is 19.4. The maximum atomic E-state index is 9.74. The summed E-state index contributed by atoms with van der Waals surface area (Å²) in [6.07, 6.45) is 3.25. The van der Waals surface area contributed by atoms with Gasteiger partial charge in [-0.1, -0.05) is 6.07 Å². The van der Waals surface area contributed by atoms with Gasteiger partial charge in [0, 0.05) is 12.6 Å². The lowest BCUT2D eigenvalue weighted by Crippen LogP contribution is -2.43. The molecule has 1 aliphatic carbocycles. The molecule has 100 valence electrons. The first-order valence-corrected chi connectivity index (χ1v) is 6.59. The predicted molar refractivity (Wildman–Crippen MR) is 73.1 cm³/mol. The summed E-state index contributed by atoms with van der Waals surface area (Å²) in [7, 11) is 1.70. The zero-order valence-corrected chi connectivity index (χ0v) is 11.5. The maximum Gasteiger partial charge on any atom is 0.119 e. The van der Waals surface area contributed by atoms with Crippen molar-refractivity contribution in [2.45, 2.75) is 44.8 Å². The zero-order valence-electron chi connectivity index (χ0n) is 11.5. The van der Waals surface area contributed by atoms with Crippen LogP contribution in [-0.2, 0) is 12.8 Å². The van der Waals surface area contributed by atoms with Gasteiger partial charge in [-0.2, -0.15) is 0 Å². The van der Waals surface area contributed by atoms with Gasteiger partial charge < -0.3 is 15.2 Å². The summed E-state index contributed by atoms with van der Waals surface area (Å²) >= 11 is 0. The van der Waals surface area contributed by atoms with Crippen molar-refractivity contribution in [2.75, 3.05) is 13.7 Å². The molecular weight excluding hydrogens is 226 g/mol. The Hall–Kier alpha value is -1.06. The van der Waals surface area contributed by atoms with E-state index in [4.69, 9.17) is 4.74 Å². The SMILES string of the molecule is COc1ccc2c(c1)CC(NCC(C)(C)O)CC2. The molecule has 1 atom stereocenters. The zero-order chi connectivity index (χ0) is 13.2. The Balaban J connectivity index is 2.00. The van der Waals surface area contributed by atoms with Crippen LogP contribution in [0.4, 0.5) is 0 Å². The molecule has 3 nitrogen and oxygen atoms in total. The van der Waals surface area contributed by atoms with Crippen molar-refractivity contribution in [3.63, 3.8) is 0 Å². The second-order valence-corrected chi connectivity index (χ2v) is 5.77. The molecule has 0 bridgehead atoms. The lowest BCUT2D eigenvalue weighted by atomic mass is 9.88. The van der Waals surface area contributed by atoms with Gasteiger partial charge in [0.1, 0.15) is 5.75 Å². The highest BCUT2D eigenvalue weighted by molar-refractivity contribution is 5.37. The number of aryl methyl sites for hydroxylation is 1. The third-order valence-corrected chi connectivity index (χ3v) is 3.47. The number of nitrogens with one attached hydrogen (secondary N) is 1. The highest BCUT2D eigenvalue weighted by Gasteiger charge is 2.21. The van der Waals surface area contributed by atoms with Gasteiger partial charge in [0.25, 0.3) is 0 Å². The van der Waals surface area contributed by atoms with Crippen LogP contribution in [0.5, 0.6) is 5.75 Å². The summed E-state index contributed by atoms with van der Waals surface area (Å²) in [6, 6.07) is 6.79. The average molecular weight is 249 g/mol. The fourth-order valence-electron chi connectivity index (χ4n) is 2.43. The fourth-order valence-corrected chi connectivity index (χ4v) is 2.43. The van der Waals surface area contributed by atoms with Crippen LogP contribution in [0, 0.1) is 0 Å². The van der Waals surface area contributed by atoms with Gasteiger partial charge in [0.05, 0.1) is 12.7 Å². The molecule has 1 aromatic carbocycles. The molecule has 0 radical (unpaired) electrons. The molecule has 1 aliphatic rings. The summed E-state index contributed by atoms with van der Waals surface area (Å²) in [4.78, 5) is 0. The standard InChI is InChI=1S/C15H23NO2/c1-15(2,17)10-16-13-6-4-11-5-7-14(18-3)9-12(11)8-13/h5,7,9,13,16-17H,4,6,8,10H2,1-3H3. The average Bonchev–Trinajstić information content (AvgIpc) is 2.34. The molecular formula is C15H23NO2. The Kier molecular flexibility index (Phi) is 3.93. The summed E-state index contributed by atoms with van der Waals surface area (Å²) in [5.74, 6) is 0.928. The fraction of sp³-hybridized carbons (Fsp3) is 0.600. The van der Waals surface area contributed by atoms with Crippen molar-refractivity contribution in [3.8, 4) is 5.75 Å². The number of hydrogen-bond donors (Lipinski definition) is 2. The van der Waals surface area contributed by atoms with Gasteiger partial charge in [-0.25, -0.2) is 0 Å². The minimum absolute atomic E-state index is 0.455. The lowest BCUT2D eigenvalue weighted by Gasteiger charge is -2.28. The second-order valence-electron chi connectivity index (χ2n) is 5.77. The van der Waals surface area contributed by atoms with E-state index in [1.54, 1.807) is 7.11 Å². The molecule has 2 N–H and O–H groups in total. The van der Waals surface area contributed by atoms with Crippen LogP contribution in [0.3, 0.4) is 0 Å². The molecule has 3 heteroatoms. The van der Waals surface area contributed by atoms with Crippen LogP contribution in [0.2, 0.25) is 0 Å². The van der Waals surface area contributed by atoms with Crippen LogP contribution >= 0.6 is 0 Å². The Morgan fingerprint density at radius 2 is 2.17 bits per heavy atom. The van der Waals surface area contributed by atoms with E-state index in [0.717, 1.165) is 25.0 Å². The first-order chi connectivity index (χ1) is 8.48. The minimum atomic E-state index is -0.644. The summed E-state index contributed by atoms with van der Waals surface area (Å²) in [5, 5.41) is 13.2. The molecule has 0 spiro atoms. The Morgan fingerprint density at radius 1 is 1.39 bits per heavy atom. The maximum absolute atomic E-state index is 9.74. The van der Waals surface area contributed by atoms with E-state index in [9.17, 15) is 5.11 Å². The molecule has 18 heavy (non-hydrogen) atoms. The molecule has 0 aromatic heterocycles. The minimum Gasteiger partial charge on any atom is -0.497 e. The molecule has 0 heterocycles. The van der Waals surface area contributed by atoms with Crippen molar-refractivity contribution in [1.29, 1.82) is 0 Å². The Bertz CT molecular complexity index is 409. The van der Waals surface area contributed by atoms with Crippen molar-refractivity contribution < 1.29 is 9.84 Å². The van der Waals surface area contributed by atoms with E-state index in [2.05, 4.69) is 17.4 Å². The number of aliphatic hydroxyl groups is 1. The van der Waals surface area contributed by atoms with Crippen molar-refractivity contribution in [1.82, 2.24) is 5.32 Å². The third kappa shape index (κ3) is 3.47. The van der Waals surface area contributed by atoms with Crippen molar-refractivity contribution >= 4 is 0 Å². The quantitative estimate of drug-likeness (QED) is 0.856. The van der Waals surface area contributed by atoms with E-state index in [1.165, 1.54) is 11.1 Å². The molecule has 0 saturated heterocycles. The topological polar surface area (TPSA) is 41.5 Å². The summed E-state index contributed by atoms with van der Waals surface area (Å²) in [6.45, 7) is 4.30. The van der Waals surface area contributed by atoms with Crippen molar-refractivity contribution in [2.24, 2.45) is 0 Å². The molecule has 1 unspecified atom stereocenters. The van der Waals surface area contributed by atoms with E-state index < -0.39 is 5.60 Å². The number of fused-ring (bicyclic) bond motifs is 1. The van der Waals surface area contributed by atoms with Crippen molar-refractivity contribution in [3.05, 3.63) is 29.3 Å². The first-order valence-electron chi connectivity index (χ1n) is 6.59. The molecule has 0 amide bonds. The number of rotatable bonds is 4. The molecule has 1 aromatic rings. The molecule has 0 aliphatic heterocycles. The third-order valence-electron chi connectivity index (χ3n) is 3.47. The molecule has 2 rings (SSSR count). The summed E-state index contributed by atoms with van der Waals surface area (Å²) in [5.41, 5.74) is 2.15. The van der Waals surface area contributed by atoms with Gasteiger partial charge in [0.2, 0.25) is 0 Å². The first kappa shape index (κ1) is 13.4. The molecule has 0 fully saturated rings. The van der Waals surface area contributed by atoms with Gasteiger partial charge in [-0.3, -0.25) is 0 Å². The Morgan fingerprint density at radius 3 is 2.83 bits per heavy atom. The van der Waals surface area contributed by atoms with Crippen LogP contribution in [-0.4, -0.2) is 30.4 Å². The Labute approximate surface area is 109 Å². The smallest absolute Gasteiger partial charge is 0.119 e. The van der Waals surface area contributed by atoms with Gasteiger partial charge in [-0.15, -0.1) is 0 Å². The number of benzene rings is 1. The largest absolute Gasteiger partial charge is 0.497 e. The second kappa shape index (κ2) is 5.29. The van der Waals surface area contributed by atoms with E-state index in [1.807, 2.05) is 19.9 Å². The predicted octanol–water partition coefficient (Wildman–Crippen LogP) is 1.91. The van der Waals surface area contributed by atoms with Crippen LogP contribution in [0.15, 0.2) is 18.2 Å². The van der Waals surface area contributed by atoms with E-state index in [0.29, 0.717) is 12.6 Å². The van der Waals surface area contributed by atoms with Gasteiger partial charge in [0.15, 0.2) is 0 Å². The highest BCUT2D eigenvalue weighted by Crippen LogP contribution is 2.25. The van der Waals surface area contributed by atoms with E-state index in [-0.39, 0.29) is 0 Å². The highest BCUT2D eigenvalue weighted by atomic mass is 16.5. The molecule has 0 saturated carbocycles. The monoisotopic (exact) mass is 249 g/mol. The van der Waals surface area contributed by atoms with Gasteiger partial charge >= 0.3 is 0 Å². The number of methoxy groups -OCH3 is 1. The summed E-state index contributed by atoms with van der Waals surface area (Å²) < 4.78 is 5.27. The van der Waals surface area contributed by atoms with Crippen LogP contribution in [0.25, 0.3) is 0 Å². The number of ether oxygens (including phenoxy) is 1. The van der Waals surface area contributed by atoms with E-state index >= 15 is 0 Å². The number of hydrogen-bond acceptors (Lipinski definition) is 3. The lowest BCUT2D eigenvalue weighted by molar-refractivity contribution is 0.0757.